The predicted octanol–water partition coefficient (Wildman–Crippen LogP) is -0.521. The second kappa shape index (κ2) is 4.00. The molecule has 1 aliphatic rings. The van der Waals surface area contributed by atoms with E-state index in [0.29, 0.717) is 19.0 Å². The third kappa shape index (κ3) is 2.34. The molecule has 0 radical (unpaired) electrons. The lowest BCUT2D eigenvalue weighted by atomic mass is 10.2. The van der Waals surface area contributed by atoms with Crippen molar-refractivity contribution in [3.63, 3.8) is 0 Å². The monoisotopic (exact) mass is 211 g/mol. The predicted molar refractivity (Wildman–Crippen MR) is 52.7 cm³/mol. The summed E-state index contributed by atoms with van der Waals surface area (Å²) in [6.45, 7) is 2.12. The summed E-state index contributed by atoms with van der Waals surface area (Å²) in [5.74, 6) is 0.108. The maximum Gasteiger partial charge on any atom is 0.254 e. The van der Waals surface area contributed by atoms with Gasteiger partial charge in [-0.1, -0.05) is 0 Å². The average Bonchev–Trinajstić information content (AvgIpc) is 2.16. The molecule has 2 heterocycles. The lowest BCUT2D eigenvalue weighted by Gasteiger charge is -2.29. The van der Waals surface area contributed by atoms with Gasteiger partial charge in [-0.2, -0.15) is 4.98 Å². The molecule has 1 unspecified atom stereocenters. The first-order valence-corrected chi connectivity index (χ1v) is 4.75. The molecular weight excluding hydrogens is 198 g/mol. The highest BCUT2D eigenvalue weighted by Crippen LogP contribution is 2.18. The van der Waals surface area contributed by atoms with E-state index < -0.39 is 0 Å². The van der Waals surface area contributed by atoms with Gasteiger partial charge in [0.05, 0.1) is 12.7 Å². The third-order valence-electron chi connectivity index (χ3n) is 2.32. The Bertz CT molecular complexity index is 404. The summed E-state index contributed by atoms with van der Waals surface area (Å²) in [6, 6.07) is 1.04. The lowest BCUT2D eigenvalue weighted by Crippen LogP contribution is -2.36. The number of aromatic hydroxyl groups is 1. The van der Waals surface area contributed by atoms with Crippen molar-refractivity contribution in [2.24, 2.45) is 0 Å². The molecule has 0 spiro atoms. The van der Waals surface area contributed by atoms with E-state index in [-0.39, 0.29) is 17.5 Å². The Kier molecular flexibility index (Phi) is 2.70. The van der Waals surface area contributed by atoms with Crippen LogP contribution in [0.5, 0.6) is 5.88 Å². The van der Waals surface area contributed by atoms with Crippen LogP contribution in [-0.4, -0.2) is 46.7 Å². The number of hydrogen-bond acceptors (Lipinski definition) is 5. The van der Waals surface area contributed by atoms with Crippen molar-refractivity contribution in [2.75, 3.05) is 26.7 Å². The van der Waals surface area contributed by atoms with Crippen molar-refractivity contribution in [1.29, 1.82) is 0 Å². The summed E-state index contributed by atoms with van der Waals surface area (Å²) < 4.78 is 5.46. The summed E-state index contributed by atoms with van der Waals surface area (Å²) in [5.41, 5.74) is -0.366. The van der Waals surface area contributed by atoms with Gasteiger partial charge in [0.25, 0.3) is 5.56 Å². The summed E-state index contributed by atoms with van der Waals surface area (Å²) >= 11 is 0. The standard InChI is InChI=1S/C9H13N3O3/c1-12-2-3-15-6(5-12)9-10-7(13)4-8(14)11-9/h4,6H,2-3,5H2,1H3,(H2,10,11,13,14). The van der Waals surface area contributed by atoms with Crippen LogP contribution in [0.15, 0.2) is 10.9 Å². The number of aromatic amines is 1. The topological polar surface area (TPSA) is 78.5 Å². The molecule has 2 rings (SSSR count). The molecule has 1 saturated heterocycles. The molecule has 15 heavy (non-hydrogen) atoms. The molecule has 2 N–H and O–H groups in total. The Morgan fingerprint density at radius 3 is 3.20 bits per heavy atom. The van der Waals surface area contributed by atoms with E-state index in [4.69, 9.17) is 4.74 Å². The summed E-state index contributed by atoms with van der Waals surface area (Å²) in [4.78, 5) is 19.6. The van der Waals surface area contributed by atoms with Crippen LogP contribution >= 0.6 is 0 Å². The first-order valence-electron chi connectivity index (χ1n) is 4.75. The highest BCUT2D eigenvalue weighted by atomic mass is 16.5. The van der Waals surface area contributed by atoms with Crippen LogP contribution in [0.25, 0.3) is 0 Å². The minimum absolute atomic E-state index is 0.273. The quantitative estimate of drug-likeness (QED) is 0.653. The molecule has 1 aliphatic heterocycles. The highest BCUT2D eigenvalue weighted by Gasteiger charge is 2.21. The van der Waals surface area contributed by atoms with Crippen LogP contribution in [0.2, 0.25) is 0 Å². The third-order valence-corrected chi connectivity index (χ3v) is 2.32. The molecule has 1 atom stereocenters. The van der Waals surface area contributed by atoms with Crippen LogP contribution in [0.4, 0.5) is 0 Å². The zero-order chi connectivity index (χ0) is 10.8. The number of hydrogen-bond donors (Lipinski definition) is 2. The van der Waals surface area contributed by atoms with E-state index in [1.807, 2.05) is 7.05 Å². The zero-order valence-electron chi connectivity index (χ0n) is 8.43. The average molecular weight is 211 g/mol. The zero-order valence-corrected chi connectivity index (χ0v) is 8.43. The second-order valence-electron chi connectivity index (χ2n) is 3.61. The van der Waals surface area contributed by atoms with E-state index in [2.05, 4.69) is 14.9 Å². The molecule has 6 nitrogen and oxygen atoms in total. The molecule has 0 bridgehead atoms. The number of ether oxygens (including phenoxy) is 1. The van der Waals surface area contributed by atoms with Crippen LogP contribution in [0.1, 0.15) is 11.9 Å². The van der Waals surface area contributed by atoms with Crippen molar-refractivity contribution in [3.05, 3.63) is 22.2 Å². The minimum atomic E-state index is -0.366. The van der Waals surface area contributed by atoms with Crippen LogP contribution in [0.3, 0.4) is 0 Å². The number of H-pyrrole nitrogens is 1. The van der Waals surface area contributed by atoms with Gasteiger partial charge < -0.3 is 19.7 Å². The fraction of sp³-hybridized carbons (Fsp3) is 0.556. The molecule has 82 valence electrons. The van der Waals surface area contributed by atoms with E-state index in [1.54, 1.807) is 0 Å². The number of rotatable bonds is 1. The Morgan fingerprint density at radius 2 is 2.53 bits per heavy atom. The number of morpholine rings is 1. The minimum Gasteiger partial charge on any atom is -0.493 e. The van der Waals surface area contributed by atoms with Crippen LogP contribution in [-0.2, 0) is 4.74 Å². The summed E-state index contributed by atoms with van der Waals surface area (Å²) in [7, 11) is 1.97. The number of nitrogens with zero attached hydrogens (tertiary/aromatic N) is 2. The molecule has 0 aliphatic carbocycles. The smallest absolute Gasteiger partial charge is 0.254 e. The number of nitrogens with one attached hydrogen (secondary N) is 1. The van der Waals surface area contributed by atoms with E-state index in [1.165, 1.54) is 0 Å². The van der Waals surface area contributed by atoms with Gasteiger partial charge in [-0.15, -0.1) is 0 Å². The van der Waals surface area contributed by atoms with Crippen LogP contribution < -0.4 is 5.56 Å². The SMILES string of the molecule is CN1CCOC(c2nc(O)cc(=O)[nH]2)C1. The van der Waals surface area contributed by atoms with E-state index in [9.17, 15) is 9.90 Å². The van der Waals surface area contributed by atoms with E-state index >= 15 is 0 Å². The summed E-state index contributed by atoms with van der Waals surface area (Å²) in [6.07, 6.45) is -0.274. The van der Waals surface area contributed by atoms with E-state index in [0.717, 1.165) is 12.6 Å². The highest BCUT2D eigenvalue weighted by molar-refractivity contribution is 5.08. The molecule has 0 amide bonds. The normalized spacial score (nSPS) is 22.9. The molecule has 1 aromatic rings. The maximum absolute atomic E-state index is 11.1. The van der Waals surface area contributed by atoms with Crippen molar-refractivity contribution in [3.8, 4) is 5.88 Å². The largest absolute Gasteiger partial charge is 0.493 e. The molecule has 1 fully saturated rings. The lowest BCUT2D eigenvalue weighted by molar-refractivity contribution is -0.0258. The van der Waals surface area contributed by atoms with Gasteiger partial charge in [0, 0.05) is 13.1 Å². The van der Waals surface area contributed by atoms with Crippen molar-refractivity contribution < 1.29 is 9.84 Å². The molecular formula is C9H13N3O3. The second-order valence-corrected chi connectivity index (χ2v) is 3.61. The molecule has 6 heteroatoms. The van der Waals surface area contributed by atoms with Gasteiger partial charge in [0.15, 0.2) is 0 Å². The molecule has 1 aromatic heterocycles. The van der Waals surface area contributed by atoms with Crippen molar-refractivity contribution in [2.45, 2.75) is 6.10 Å². The van der Waals surface area contributed by atoms with Gasteiger partial charge in [0.2, 0.25) is 5.88 Å². The fourth-order valence-corrected chi connectivity index (χ4v) is 1.56. The van der Waals surface area contributed by atoms with Crippen LogP contribution in [0, 0.1) is 0 Å². The number of aromatic nitrogens is 2. The molecule has 0 aromatic carbocycles. The Hall–Kier alpha value is -1.40. The summed E-state index contributed by atoms with van der Waals surface area (Å²) in [5, 5.41) is 9.19. The van der Waals surface area contributed by atoms with Crippen molar-refractivity contribution >= 4 is 0 Å². The Morgan fingerprint density at radius 1 is 1.73 bits per heavy atom. The molecule has 0 saturated carbocycles. The Balaban J connectivity index is 2.24. The fourth-order valence-electron chi connectivity index (χ4n) is 1.56. The van der Waals surface area contributed by atoms with Gasteiger partial charge >= 0.3 is 0 Å². The Labute approximate surface area is 86.5 Å². The van der Waals surface area contributed by atoms with Crippen molar-refractivity contribution in [1.82, 2.24) is 14.9 Å². The van der Waals surface area contributed by atoms with Gasteiger partial charge in [-0.05, 0) is 7.05 Å². The first kappa shape index (κ1) is 10.1. The first-order chi connectivity index (χ1) is 7.15. The van der Waals surface area contributed by atoms with Gasteiger partial charge in [-0.25, -0.2) is 0 Å². The maximum atomic E-state index is 11.1. The number of likely N-dealkylation sites (N-methyl/N-ethyl adjacent to an activating group) is 1. The van der Waals surface area contributed by atoms with Gasteiger partial charge in [0.1, 0.15) is 11.9 Å². The van der Waals surface area contributed by atoms with Gasteiger partial charge in [-0.3, -0.25) is 4.79 Å².